The van der Waals surface area contributed by atoms with E-state index in [9.17, 15) is 4.79 Å². The minimum atomic E-state index is -0.118. The fourth-order valence-corrected chi connectivity index (χ4v) is 2.44. The van der Waals surface area contributed by atoms with Gasteiger partial charge in [0.15, 0.2) is 0 Å². The predicted molar refractivity (Wildman–Crippen MR) is 97.5 cm³/mol. The summed E-state index contributed by atoms with van der Waals surface area (Å²) in [5.74, 6) is -0.118. The molecule has 0 heterocycles. The zero-order valence-corrected chi connectivity index (χ0v) is 13.9. The summed E-state index contributed by atoms with van der Waals surface area (Å²) in [7, 11) is 0. The van der Waals surface area contributed by atoms with Crippen molar-refractivity contribution in [1.29, 1.82) is 0 Å². The molecule has 4 heteroatoms. The van der Waals surface area contributed by atoms with E-state index in [0.29, 0.717) is 5.56 Å². The maximum absolute atomic E-state index is 12.9. The Kier molecular flexibility index (Phi) is 4.74. The Labute approximate surface area is 143 Å². The zero-order chi connectivity index (χ0) is 16.1. The van der Waals surface area contributed by atoms with Crippen molar-refractivity contribution in [3.63, 3.8) is 0 Å². The summed E-state index contributed by atoms with van der Waals surface area (Å²) < 4.78 is 0.941. The molecule has 0 fully saturated rings. The first kappa shape index (κ1) is 15.3. The molecule has 1 amide bonds. The third-order valence-electron chi connectivity index (χ3n) is 3.32. The van der Waals surface area contributed by atoms with E-state index >= 15 is 0 Å². The molecule has 0 bridgehead atoms. The number of hydrazine groups is 1. The second-order valence-corrected chi connectivity index (χ2v) is 5.88. The van der Waals surface area contributed by atoms with Crippen LogP contribution in [0.5, 0.6) is 0 Å². The van der Waals surface area contributed by atoms with E-state index in [1.807, 2.05) is 72.8 Å². The molecule has 23 heavy (non-hydrogen) atoms. The number of carbonyl (C=O) groups excluding carboxylic acids is 1. The first-order valence-corrected chi connectivity index (χ1v) is 8.00. The number of rotatable bonds is 4. The van der Waals surface area contributed by atoms with Gasteiger partial charge in [-0.3, -0.25) is 10.2 Å². The highest BCUT2D eigenvalue weighted by atomic mass is 79.9. The van der Waals surface area contributed by atoms with Gasteiger partial charge in [-0.1, -0.05) is 52.3 Å². The number of amides is 1. The summed E-state index contributed by atoms with van der Waals surface area (Å²) in [5, 5.41) is 1.55. The molecule has 0 atom stereocenters. The van der Waals surface area contributed by atoms with Gasteiger partial charge in [0, 0.05) is 10.0 Å². The van der Waals surface area contributed by atoms with E-state index in [-0.39, 0.29) is 5.91 Å². The monoisotopic (exact) mass is 366 g/mol. The molecule has 3 aromatic rings. The standard InChI is InChI=1S/C19H15BrN2O/c20-16-13-11-15(12-14-16)19(23)22(18-9-5-2-6-10-18)21-17-7-3-1-4-8-17/h1-14,21H. The van der Waals surface area contributed by atoms with Gasteiger partial charge in [0.2, 0.25) is 0 Å². The maximum Gasteiger partial charge on any atom is 0.276 e. The minimum Gasteiger partial charge on any atom is -0.291 e. The lowest BCUT2D eigenvalue weighted by atomic mass is 10.2. The second kappa shape index (κ2) is 7.11. The van der Waals surface area contributed by atoms with Gasteiger partial charge in [0.1, 0.15) is 0 Å². The van der Waals surface area contributed by atoms with Crippen molar-refractivity contribution in [2.75, 3.05) is 10.4 Å². The lowest BCUT2D eigenvalue weighted by Crippen LogP contribution is -2.36. The zero-order valence-electron chi connectivity index (χ0n) is 12.3. The third kappa shape index (κ3) is 3.79. The molecule has 0 spiro atoms. The molecule has 1 N–H and O–H groups in total. The minimum absolute atomic E-state index is 0.118. The average molecular weight is 367 g/mol. The van der Waals surface area contributed by atoms with E-state index in [1.54, 1.807) is 17.1 Å². The molecule has 114 valence electrons. The first-order chi connectivity index (χ1) is 11.2. The number of para-hydroxylation sites is 2. The smallest absolute Gasteiger partial charge is 0.276 e. The van der Waals surface area contributed by atoms with Crippen LogP contribution in [0.1, 0.15) is 10.4 Å². The summed E-state index contributed by atoms with van der Waals surface area (Å²) in [4.78, 5) is 12.9. The van der Waals surface area contributed by atoms with Crippen LogP contribution in [0.4, 0.5) is 11.4 Å². The van der Waals surface area contributed by atoms with E-state index in [0.717, 1.165) is 15.8 Å². The van der Waals surface area contributed by atoms with Crippen LogP contribution in [0.3, 0.4) is 0 Å². The van der Waals surface area contributed by atoms with E-state index in [2.05, 4.69) is 21.4 Å². The van der Waals surface area contributed by atoms with Crippen LogP contribution in [-0.2, 0) is 0 Å². The van der Waals surface area contributed by atoms with Crippen LogP contribution in [-0.4, -0.2) is 5.91 Å². The van der Waals surface area contributed by atoms with Gasteiger partial charge in [-0.2, -0.15) is 0 Å². The molecule has 0 radical (unpaired) electrons. The number of benzene rings is 3. The lowest BCUT2D eigenvalue weighted by Gasteiger charge is -2.24. The van der Waals surface area contributed by atoms with Crippen molar-refractivity contribution in [2.45, 2.75) is 0 Å². The SMILES string of the molecule is O=C(c1ccc(Br)cc1)N(Nc1ccccc1)c1ccccc1. The van der Waals surface area contributed by atoms with Crippen LogP contribution in [0.25, 0.3) is 0 Å². The highest BCUT2D eigenvalue weighted by Gasteiger charge is 2.17. The van der Waals surface area contributed by atoms with Gasteiger partial charge in [0.25, 0.3) is 5.91 Å². The molecule has 0 aliphatic rings. The van der Waals surface area contributed by atoms with Crippen LogP contribution < -0.4 is 10.4 Å². The van der Waals surface area contributed by atoms with Gasteiger partial charge in [0.05, 0.1) is 11.4 Å². The number of anilines is 2. The molecule has 3 nitrogen and oxygen atoms in total. The number of hydrogen-bond donors (Lipinski definition) is 1. The Morgan fingerprint density at radius 1 is 0.783 bits per heavy atom. The molecule has 0 saturated carbocycles. The molecule has 3 aromatic carbocycles. The van der Waals surface area contributed by atoms with Crippen LogP contribution >= 0.6 is 15.9 Å². The molecule has 0 aromatic heterocycles. The Morgan fingerprint density at radius 2 is 1.35 bits per heavy atom. The van der Waals surface area contributed by atoms with Crippen molar-refractivity contribution >= 4 is 33.2 Å². The molecule has 0 aliphatic heterocycles. The Morgan fingerprint density at radius 3 is 1.96 bits per heavy atom. The first-order valence-electron chi connectivity index (χ1n) is 7.21. The van der Waals surface area contributed by atoms with Crippen molar-refractivity contribution in [3.8, 4) is 0 Å². The van der Waals surface area contributed by atoms with Crippen molar-refractivity contribution in [2.24, 2.45) is 0 Å². The van der Waals surface area contributed by atoms with E-state index in [4.69, 9.17) is 0 Å². The normalized spacial score (nSPS) is 10.1. The maximum atomic E-state index is 12.9. The van der Waals surface area contributed by atoms with E-state index < -0.39 is 0 Å². The van der Waals surface area contributed by atoms with Gasteiger partial charge in [-0.25, -0.2) is 5.01 Å². The highest BCUT2D eigenvalue weighted by Crippen LogP contribution is 2.20. The van der Waals surface area contributed by atoms with Gasteiger partial charge < -0.3 is 0 Å². The molecule has 0 aliphatic carbocycles. The topological polar surface area (TPSA) is 32.3 Å². The highest BCUT2D eigenvalue weighted by molar-refractivity contribution is 9.10. The Hall–Kier alpha value is -2.59. The second-order valence-electron chi connectivity index (χ2n) is 4.96. The molecular formula is C19H15BrN2O. The third-order valence-corrected chi connectivity index (χ3v) is 3.85. The Balaban J connectivity index is 1.94. The number of halogens is 1. The van der Waals surface area contributed by atoms with Crippen molar-refractivity contribution in [1.82, 2.24) is 0 Å². The summed E-state index contributed by atoms with van der Waals surface area (Å²) in [6.45, 7) is 0. The fraction of sp³-hybridized carbons (Fsp3) is 0. The Bertz CT molecular complexity index is 773. The van der Waals surface area contributed by atoms with Crippen LogP contribution in [0.15, 0.2) is 89.4 Å². The molecule has 3 rings (SSSR count). The predicted octanol–water partition coefficient (Wildman–Crippen LogP) is 5.12. The summed E-state index contributed by atoms with van der Waals surface area (Å²) in [6.07, 6.45) is 0. The molecule has 0 saturated heterocycles. The number of carbonyl (C=O) groups is 1. The van der Waals surface area contributed by atoms with Crippen molar-refractivity contribution < 1.29 is 4.79 Å². The van der Waals surface area contributed by atoms with Crippen LogP contribution in [0.2, 0.25) is 0 Å². The van der Waals surface area contributed by atoms with Gasteiger partial charge in [-0.15, -0.1) is 0 Å². The van der Waals surface area contributed by atoms with Gasteiger partial charge >= 0.3 is 0 Å². The molecule has 0 unspecified atom stereocenters. The number of nitrogens with zero attached hydrogens (tertiary/aromatic N) is 1. The van der Waals surface area contributed by atoms with Crippen LogP contribution in [0, 0.1) is 0 Å². The van der Waals surface area contributed by atoms with E-state index in [1.165, 1.54) is 0 Å². The summed E-state index contributed by atoms with van der Waals surface area (Å²) in [6, 6.07) is 26.5. The van der Waals surface area contributed by atoms with Gasteiger partial charge in [-0.05, 0) is 48.5 Å². The quantitative estimate of drug-likeness (QED) is 0.649. The summed E-state index contributed by atoms with van der Waals surface area (Å²) in [5.41, 5.74) is 5.42. The largest absolute Gasteiger partial charge is 0.291 e. The summed E-state index contributed by atoms with van der Waals surface area (Å²) >= 11 is 3.39. The number of nitrogens with one attached hydrogen (secondary N) is 1. The lowest BCUT2D eigenvalue weighted by molar-refractivity contribution is 0.0992. The molecular weight excluding hydrogens is 352 g/mol. The van der Waals surface area contributed by atoms with Crippen molar-refractivity contribution in [3.05, 3.63) is 95.0 Å². The average Bonchev–Trinajstić information content (AvgIpc) is 2.61. The fourth-order valence-electron chi connectivity index (χ4n) is 2.17. The number of hydrogen-bond acceptors (Lipinski definition) is 2.